The molecule has 1 aromatic heterocycles. The molecule has 1 unspecified atom stereocenters. The van der Waals surface area contributed by atoms with Crippen LogP contribution in [-0.4, -0.2) is 30.3 Å². The molecule has 96 valence electrons. The van der Waals surface area contributed by atoms with E-state index in [2.05, 4.69) is 4.98 Å². The highest BCUT2D eigenvalue weighted by Crippen LogP contribution is 2.21. The summed E-state index contributed by atoms with van der Waals surface area (Å²) in [4.78, 5) is 3.88. The number of sulfonamides is 1. The molecule has 0 aliphatic rings. The van der Waals surface area contributed by atoms with Gasteiger partial charge < -0.3 is 5.73 Å². The van der Waals surface area contributed by atoms with Gasteiger partial charge in [-0.1, -0.05) is 13.8 Å². The number of aromatic nitrogens is 1. The van der Waals surface area contributed by atoms with Gasteiger partial charge in [-0.3, -0.25) is 0 Å². The highest BCUT2D eigenvalue weighted by molar-refractivity contribution is 7.89. The molecule has 17 heavy (non-hydrogen) atoms. The fraction of sp³-hybridized carbons (Fsp3) is 0.545. The second kappa shape index (κ2) is 5.46. The molecule has 0 bridgehead atoms. The lowest BCUT2D eigenvalue weighted by Crippen LogP contribution is -2.38. The van der Waals surface area contributed by atoms with E-state index in [-0.39, 0.29) is 16.8 Å². The predicted octanol–water partition coefficient (Wildman–Crippen LogP) is 1.47. The molecule has 0 amide bonds. The molecular formula is C11H19N3O2S. The van der Waals surface area contributed by atoms with Crippen LogP contribution >= 0.6 is 0 Å². The van der Waals surface area contributed by atoms with Crippen LogP contribution in [0.15, 0.2) is 23.4 Å². The van der Waals surface area contributed by atoms with Crippen LogP contribution in [0, 0.1) is 0 Å². The minimum Gasteiger partial charge on any atom is -0.396 e. The van der Waals surface area contributed by atoms with Gasteiger partial charge in [0.1, 0.15) is 0 Å². The maximum absolute atomic E-state index is 12.4. The third-order valence-corrected chi connectivity index (χ3v) is 4.81. The zero-order valence-corrected chi connectivity index (χ0v) is 11.2. The number of hydrogen-bond donors (Lipinski definition) is 1. The first-order valence-electron chi connectivity index (χ1n) is 5.67. The van der Waals surface area contributed by atoms with Crippen LogP contribution in [0.5, 0.6) is 0 Å². The first-order chi connectivity index (χ1) is 7.95. The van der Waals surface area contributed by atoms with Crippen molar-refractivity contribution in [2.24, 2.45) is 0 Å². The summed E-state index contributed by atoms with van der Waals surface area (Å²) in [7, 11) is -3.60. The van der Waals surface area contributed by atoms with Gasteiger partial charge in [0.05, 0.1) is 5.69 Å². The van der Waals surface area contributed by atoms with Crippen LogP contribution in [0.4, 0.5) is 5.69 Å². The molecule has 1 aromatic rings. The van der Waals surface area contributed by atoms with E-state index >= 15 is 0 Å². The lowest BCUT2D eigenvalue weighted by Gasteiger charge is -2.26. The normalized spacial score (nSPS) is 13.9. The van der Waals surface area contributed by atoms with Crippen molar-refractivity contribution in [1.82, 2.24) is 9.29 Å². The van der Waals surface area contributed by atoms with Crippen molar-refractivity contribution in [2.45, 2.75) is 38.3 Å². The minimum atomic E-state index is -3.60. The minimum absolute atomic E-state index is 0.0536. The smallest absolute Gasteiger partial charge is 0.262 e. The largest absolute Gasteiger partial charge is 0.396 e. The third-order valence-electron chi connectivity index (χ3n) is 2.75. The van der Waals surface area contributed by atoms with Crippen LogP contribution in [0.1, 0.15) is 27.2 Å². The van der Waals surface area contributed by atoms with Crippen LogP contribution in [-0.2, 0) is 10.0 Å². The SMILES string of the molecule is CCC(C)N(CC)S(=O)(=O)c1ncccc1N. The van der Waals surface area contributed by atoms with Crippen molar-refractivity contribution in [3.8, 4) is 0 Å². The Kier molecular flexibility index (Phi) is 4.47. The molecule has 2 N–H and O–H groups in total. The van der Waals surface area contributed by atoms with Crippen molar-refractivity contribution in [1.29, 1.82) is 0 Å². The summed E-state index contributed by atoms with van der Waals surface area (Å²) in [6.07, 6.45) is 2.19. The van der Waals surface area contributed by atoms with Gasteiger partial charge in [0, 0.05) is 18.8 Å². The van der Waals surface area contributed by atoms with E-state index < -0.39 is 10.0 Å². The van der Waals surface area contributed by atoms with Gasteiger partial charge in [0.15, 0.2) is 5.03 Å². The molecule has 0 radical (unpaired) electrons. The molecule has 0 aromatic carbocycles. The Morgan fingerprint density at radius 2 is 2.12 bits per heavy atom. The number of nitrogens with two attached hydrogens (primary N) is 1. The second-order valence-corrected chi connectivity index (χ2v) is 5.67. The molecule has 5 nitrogen and oxygen atoms in total. The van der Waals surface area contributed by atoms with Crippen molar-refractivity contribution >= 4 is 15.7 Å². The van der Waals surface area contributed by atoms with E-state index in [9.17, 15) is 8.42 Å². The van der Waals surface area contributed by atoms with Gasteiger partial charge in [0.25, 0.3) is 10.0 Å². The Hall–Kier alpha value is -1.14. The molecule has 6 heteroatoms. The summed E-state index contributed by atoms with van der Waals surface area (Å²) >= 11 is 0. The zero-order chi connectivity index (χ0) is 13.1. The molecule has 1 heterocycles. The summed E-state index contributed by atoms with van der Waals surface area (Å²) in [5.74, 6) is 0. The van der Waals surface area contributed by atoms with E-state index in [1.165, 1.54) is 10.5 Å². The average Bonchev–Trinajstić information content (AvgIpc) is 2.29. The van der Waals surface area contributed by atoms with Gasteiger partial charge in [-0.15, -0.1) is 0 Å². The number of pyridine rings is 1. The van der Waals surface area contributed by atoms with Crippen LogP contribution in [0.3, 0.4) is 0 Å². The van der Waals surface area contributed by atoms with Crippen LogP contribution in [0.25, 0.3) is 0 Å². The Balaban J connectivity index is 3.23. The first kappa shape index (κ1) is 13.9. The molecule has 1 rings (SSSR count). The molecule has 0 saturated carbocycles. The predicted molar refractivity (Wildman–Crippen MR) is 68.0 cm³/mol. The van der Waals surface area contributed by atoms with E-state index in [4.69, 9.17) is 5.73 Å². The maximum Gasteiger partial charge on any atom is 0.262 e. The summed E-state index contributed by atoms with van der Waals surface area (Å²) in [6, 6.07) is 3.10. The van der Waals surface area contributed by atoms with Gasteiger partial charge >= 0.3 is 0 Å². The van der Waals surface area contributed by atoms with E-state index in [0.29, 0.717) is 6.54 Å². The highest BCUT2D eigenvalue weighted by atomic mass is 32.2. The molecule has 0 aliphatic heterocycles. The first-order valence-corrected chi connectivity index (χ1v) is 7.11. The van der Waals surface area contributed by atoms with Gasteiger partial charge in [-0.25, -0.2) is 13.4 Å². The molecular weight excluding hydrogens is 238 g/mol. The fourth-order valence-electron chi connectivity index (χ4n) is 1.65. The van der Waals surface area contributed by atoms with E-state index in [1.54, 1.807) is 12.1 Å². The van der Waals surface area contributed by atoms with Gasteiger partial charge in [-0.05, 0) is 25.5 Å². The third kappa shape index (κ3) is 2.76. The second-order valence-electron chi connectivity index (χ2n) is 3.86. The molecule has 0 fully saturated rings. The lowest BCUT2D eigenvalue weighted by molar-refractivity contribution is 0.341. The molecule has 0 saturated heterocycles. The van der Waals surface area contributed by atoms with Crippen molar-refractivity contribution in [2.75, 3.05) is 12.3 Å². The standard InChI is InChI=1S/C11H19N3O2S/c1-4-9(3)14(5-2)17(15,16)11-10(12)7-6-8-13-11/h6-9H,4-5,12H2,1-3H3. The number of rotatable bonds is 5. The van der Waals surface area contributed by atoms with Crippen LogP contribution in [0.2, 0.25) is 0 Å². The Morgan fingerprint density at radius 1 is 1.47 bits per heavy atom. The van der Waals surface area contributed by atoms with Gasteiger partial charge in [-0.2, -0.15) is 4.31 Å². The van der Waals surface area contributed by atoms with Crippen LogP contribution < -0.4 is 5.73 Å². The van der Waals surface area contributed by atoms with Gasteiger partial charge in [0.2, 0.25) is 0 Å². The maximum atomic E-state index is 12.4. The number of nitrogen functional groups attached to an aromatic ring is 1. The Morgan fingerprint density at radius 3 is 2.59 bits per heavy atom. The summed E-state index contributed by atoms with van der Waals surface area (Å²) in [6.45, 7) is 6.04. The molecule has 1 atom stereocenters. The zero-order valence-electron chi connectivity index (χ0n) is 10.4. The van der Waals surface area contributed by atoms with E-state index in [1.807, 2.05) is 20.8 Å². The number of anilines is 1. The molecule has 0 aliphatic carbocycles. The monoisotopic (exact) mass is 257 g/mol. The van der Waals surface area contributed by atoms with E-state index in [0.717, 1.165) is 6.42 Å². The summed E-state index contributed by atoms with van der Waals surface area (Å²) in [5.41, 5.74) is 5.86. The topological polar surface area (TPSA) is 76.3 Å². The van der Waals surface area contributed by atoms with Crippen molar-refractivity contribution in [3.05, 3.63) is 18.3 Å². The molecule has 0 spiro atoms. The van der Waals surface area contributed by atoms with Crippen molar-refractivity contribution < 1.29 is 8.42 Å². The fourth-order valence-corrected chi connectivity index (χ4v) is 3.40. The highest BCUT2D eigenvalue weighted by Gasteiger charge is 2.29. The summed E-state index contributed by atoms with van der Waals surface area (Å²) in [5, 5.41) is -0.0536. The lowest BCUT2D eigenvalue weighted by atomic mass is 10.3. The number of nitrogens with zero attached hydrogens (tertiary/aromatic N) is 2. The van der Waals surface area contributed by atoms with Crippen molar-refractivity contribution in [3.63, 3.8) is 0 Å². The average molecular weight is 257 g/mol. The quantitative estimate of drug-likeness (QED) is 0.866. The number of hydrogen-bond acceptors (Lipinski definition) is 4. The summed E-state index contributed by atoms with van der Waals surface area (Å²) < 4.78 is 26.2. The Bertz CT molecular complexity index is 473. The Labute approximate surface area is 103 Å².